The van der Waals surface area contributed by atoms with Crippen molar-refractivity contribution in [1.82, 2.24) is 9.88 Å². The minimum Gasteiger partial charge on any atom is -0.510 e. The SMILES string of the molecule is C=CC1C(O)=C(C(=O)O)C(=O)NC1c1ccc2c(ccn2C)c1. The molecule has 2 heterocycles. The van der Waals surface area contributed by atoms with E-state index in [0.717, 1.165) is 16.5 Å². The molecule has 6 nitrogen and oxygen atoms in total. The molecule has 1 aromatic heterocycles. The van der Waals surface area contributed by atoms with Gasteiger partial charge >= 0.3 is 5.97 Å². The van der Waals surface area contributed by atoms with Crippen molar-refractivity contribution in [3.8, 4) is 0 Å². The van der Waals surface area contributed by atoms with Gasteiger partial charge < -0.3 is 20.1 Å². The lowest BCUT2D eigenvalue weighted by molar-refractivity contribution is -0.136. The first-order valence-corrected chi connectivity index (χ1v) is 7.09. The number of nitrogens with zero attached hydrogens (tertiary/aromatic N) is 1. The molecule has 0 saturated heterocycles. The minimum atomic E-state index is -1.45. The number of carboxylic acid groups (broad SMARTS) is 1. The number of aryl methyl sites for hydroxylation is 1. The van der Waals surface area contributed by atoms with Gasteiger partial charge in [-0.05, 0) is 29.1 Å². The van der Waals surface area contributed by atoms with Gasteiger partial charge in [-0.3, -0.25) is 4.79 Å². The topological polar surface area (TPSA) is 91.6 Å². The molecule has 1 aromatic carbocycles. The fraction of sp³-hybridized carbons (Fsp3) is 0.176. The van der Waals surface area contributed by atoms with Gasteiger partial charge in [-0.2, -0.15) is 0 Å². The number of carboxylic acids is 1. The smallest absolute Gasteiger partial charge is 0.344 e. The van der Waals surface area contributed by atoms with Crippen LogP contribution in [0, 0.1) is 5.92 Å². The highest BCUT2D eigenvalue weighted by molar-refractivity contribution is 6.16. The Balaban J connectivity index is 2.09. The van der Waals surface area contributed by atoms with Gasteiger partial charge in [0, 0.05) is 18.8 Å². The Hall–Kier alpha value is -3.02. The van der Waals surface area contributed by atoms with Crippen molar-refractivity contribution in [3.63, 3.8) is 0 Å². The number of fused-ring (bicyclic) bond motifs is 1. The molecule has 2 atom stereocenters. The molecule has 0 aliphatic carbocycles. The van der Waals surface area contributed by atoms with Gasteiger partial charge in [0.05, 0.1) is 12.0 Å². The van der Waals surface area contributed by atoms with Crippen molar-refractivity contribution in [1.29, 1.82) is 0 Å². The fourth-order valence-corrected chi connectivity index (χ4v) is 2.98. The number of hydrogen-bond acceptors (Lipinski definition) is 3. The summed E-state index contributed by atoms with van der Waals surface area (Å²) in [5.41, 5.74) is 1.18. The zero-order chi connectivity index (χ0) is 16.7. The summed E-state index contributed by atoms with van der Waals surface area (Å²) < 4.78 is 1.98. The van der Waals surface area contributed by atoms with E-state index in [4.69, 9.17) is 5.11 Å². The number of amides is 1. The first-order valence-electron chi connectivity index (χ1n) is 7.09. The van der Waals surface area contributed by atoms with E-state index >= 15 is 0 Å². The standard InChI is InChI=1S/C17H16N2O4/c1-3-11-14(18-16(21)13(15(11)20)17(22)23)10-4-5-12-9(8-10)6-7-19(12)2/h3-8,11,14,20H,1H2,2H3,(H,18,21)(H,22,23). The third-order valence-electron chi connectivity index (χ3n) is 4.18. The minimum absolute atomic E-state index is 0.464. The Labute approximate surface area is 132 Å². The average Bonchev–Trinajstić information content (AvgIpc) is 2.87. The van der Waals surface area contributed by atoms with E-state index in [0.29, 0.717) is 0 Å². The summed E-state index contributed by atoms with van der Waals surface area (Å²) in [6.45, 7) is 3.65. The van der Waals surface area contributed by atoms with Gasteiger partial charge in [0.1, 0.15) is 5.76 Å². The second-order valence-corrected chi connectivity index (χ2v) is 5.52. The molecule has 6 heteroatoms. The largest absolute Gasteiger partial charge is 0.510 e. The van der Waals surface area contributed by atoms with E-state index in [1.54, 1.807) is 0 Å². The highest BCUT2D eigenvalue weighted by atomic mass is 16.4. The molecule has 0 fully saturated rings. The molecule has 3 rings (SSSR count). The number of aliphatic hydroxyl groups excluding tert-OH is 1. The lowest BCUT2D eigenvalue weighted by Gasteiger charge is -2.30. The monoisotopic (exact) mass is 312 g/mol. The number of aliphatic hydroxyl groups is 1. The van der Waals surface area contributed by atoms with Gasteiger partial charge in [0.2, 0.25) is 0 Å². The molecule has 2 unspecified atom stereocenters. The highest BCUT2D eigenvalue weighted by Gasteiger charge is 2.38. The third kappa shape index (κ3) is 2.28. The number of benzene rings is 1. The number of aliphatic carboxylic acids is 1. The van der Waals surface area contributed by atoms with Crippen LogP contribution in [0.3, 0.4) is 0 Å². The Morgan fingerprint density at radius 2 is 2.13 bits per heavy atom. The number of nitrogens with one attached hydrogen (secondary N) is 1. The van der Waals surface area contributed by atoms with Crippen molar-refractivity contribution in [2.45, 2.75) is 6.04 Å². The van der Waals surface area contributed by atoms with E-state index in [-0.39, 0.29) is 0 Å². The molecular formula is C17H16N2O4. The summed E-state index contributed by atoms with van der Waals surface area (Å²) >= 11 is 0. The van der Waals surface area contributed by atoms with Crippen LogP contribution in [0.1, 0.15) is 11.6 Å². The normalized spacial score (nSPS) is 21.3. The lowest BCUT2D eigenvalue weighted by atomic mass is 9.85. The Morgan fingerprint density at radius 1 is 1.39 bits per heavy atom. The third-order valence-corrected chi connectivity index (χ3v) is 4.18. The van der Waals surface area contributed by atoms with E-state index in [2.05, 4.69) is 11.9 Å². The van der Waals surface area contributed by atoms with Gasteiger partial charge in [0.25, 0.3) is 5.91 Å². The van der Waals surface area contributed by atoms with Crippen molar-refractivity contribution >= 4 is 22.8 Å². The van der Waals surface area contributed by atoms with Crippen molar-refractivity contribution < 1.29 is 19.8 Å². The first-order chi connectivity index (χ1) is 10.9. The van der Waals surface area contributed by atoms with Gasteiger partial charge in [-0.1, -0.05) is 12.1 Å². The number of carbonyl (C=O) groups excluding carboxylic acids is 1. The predicted molar refractivity (Wildman–Crippen MR) is 84.8 cm³/mol. The molecule has 1 aliphatic rings. The first kappa shape index (κ1) is 14.9. The van der Waals surface area contributed by atoms with E-state index < -0.39 is 35.2 Å². The average molecular weight is 312 g/mol. The molecule has 0 radical (unpaired) electrons. The second-order valence-electron chi connectivity index (χ2n) is 5.52. The molecule has 3 N–H and O–H groups in total. The molecular weight excluding hydrogens is 296 g/mol. The van der Waals surface area contributed by atoms with Crippen LogP contribution in [-0.4, -0.2) is 26.7 Å². The van der Waals surface area contributed by atoms with E-state index in [9.17, 15) is 14.7 Å². The van der Waals surface area contributed by atoms with Crippen LogP contribution in [0.4, 0.5) is 0 Å². The fourth-order valence-electron chi connectivity index (χ4n) is 2.98. The Bertz CT molecular complexity index is 863. The molecule has 2 aromatic rings. The molecule has 118 valence electrons. The Morgan fingerprint density at radius 3 is 2.78 bits per heavy atom. The summed E-state index contributed by atoms with van der Waals surface area (Å²) in [5.74, 6) is -3.41. The van der Waals surface area contributed by atoms with Crippen LogP contribution in [0.2, 0.25) is 0 Å². The number of rotatable bonds is 3. The maximum Gasteiger partial charge on any atom is 0.344 e. The van der Waals surface area contributed by atoms with Crippen LogP contribution in [-0.2, 0) is 16.6 Å². The molecule has 1 aliphatic heterocycles. The van der Waals surface area contributed by atoms with Crippen molar-refractivity contribution in [3.05, 3.63) is 60.0 Å². The van der Waals surface area contributed by atoms with Crippen LogP contribution in [0.15, 0.2) is 54.4 Å². The summed E-state index contributed by atoms with van der Waals surface area (Å²) in [4.78, 5) is 23.2. The van der Waals surface area contributed by atoms with Crippen molar-refractivity contribution in [2.75, 3.05) is 0 Å². The molecule has 0 bridgehead atoms. The zero-order valence-corrected chi connectivity index (χ0v) is 12.5. The predicted octanol–water partition coefficient (Wildman–Crippen LogP) is 2.05. The maximum absolute atomic E-state index is 12.0. The number of carbonyl (C=O) groups is 2. The quantitative estimate of drug-likeness (QED) is 0.597. The second kappa shape index (κ2) is 5.31. The molecule has 0 spiro atoms. The number of aromatic nitrogens is 1. The van der Waals surface area contributed by atoms with Gasteiger partial charge in [-0.25, -0.2) is 4.79 Å². The molecule has 23 heavy (non-hydrogen) atoms. The molecule has 1 amide bonds. The van der Waals surface area contributed by atoms with Crippen molar-refractivity contribution in [2.24, 2.45) is 13.0 Å². The summed E-state index contributed by atoms with van der Waals surface area (Å²) in [6, 6.07) is 7.07. The van der Waals surface area contributed by atoms with E-state index in [1.807, 2.05) is 42.1 Å². The Kier molecular flexibility index (Phi) is 3.44. The summed E-state index contributed by atoms with van der Waals surface area (Å²) in [6.07, 6.45) is 3.37. The van der Waals surface area contributed by atoms with Gasteiger partial charge in [0.15, 0.2) is 5.57 Å². The summed E-state index contributed by atoms with van der Waals surface area (Å²) in [5, 5.41) is 22.9. The lowest BCUT2D eigenvalue weighted by Crippen LogP contribution is -2.42. The van der Waals surface area contributed by atoms with Crippen LogP contribution >= 0.6 is 0 Å². The van der Waals surface area contributed by atoms with Crippen LogP contribution < -0.4 is 5.32 Å². The highest BCUT2D eigenvalue weighted by Crippen LogP contribution is 2.34. The van der Waals surface area contributed by atoms with Crippen LogP contribution in [0.5, 0.6) is 0 Å². The molecule has 0 saturated carbocycles. The van der Waals surface area contributed by atoms with Gasteiger partial charge in [-0.15, -0.1) is 6.58 Å². The zero-order valence-electron chi connectivity index (χ0n) is 12.5. The maximum atomic E-state index is 12.0. The number of hydrogen-bond donors (Lipinski definition) is 3. The van der Waals surface area contributed by atoms with Crippen LogP contribution in [0.25, 0.3) is 10.9 Å². The van der Waals surface area contributed by atoms with E-state index in [1.165, 1.54) is 6.08 Å². The summed E-state index contributed by atoms with van der Waals surface area (Å²) in [7, 11) is 1.94.